The Labute approximate surface area is 204 Å². The fourth-order valence-corrected chi connectivity index (χ4v) is 4.37. The van der Waals surface area contributed by atoms with Crippen molar-refractivity contribution in [2.24, 2.45) is 14.1 Å². The zero-order valence-corrected chi connectivity index (χ0v) is 20.8. The van der Waals surface area contributed by atoms with Crippen LogP contribution < -0.4 is 15.4 Å². The van der Waals surface area contributed by atoms with Crippen molar-refractivity contribution in [3.8, 4) is 5.75 Å². The maximum atomic E-state index is 13.3. The van der Waals surface area contributed by atoms with Crippen LogP contribution in [0.2, 0.25) is 0 Å². The molecule has 0 saturated heterocycles. The minimum absolute atomic E-state index is 0.242. The molecule has 2 aromatic heterocycles. The standard InChI is InChI=1S/C26H30N6O3/c1-7-23-28-20-12-17(25(33)27-15(2)19-14-31(4)30-16(19)3)13-21(24(20)32(23)5)29-26(34)18-10-8-9-11-22(18)35-6/h8-15H,7H2,1-6H3,(H,27,33)(H,29,34)/t15-/m0/s1. The Balaban J connectivity index is 1.72. The minimum Gasteiger partial charge on any atom is -0.496 e. The van der Waals surface area contributed by atoms with Crippen LogP contribution in [0, 0.1) is 6.92 Å². The number of para-hydroxylation sites is 1. The number of anilines is 1. The largest absolute Gasteiger partial charge is 0.496 e. The van der Waals surface area contributed by atoms with Crippen LogP contribution in [-0.2, 0) is 20.5 Å². The number of hydrogen-bond acceptors (Lipinski definition) is 5. The molecule has 9 heteroatoms. The molecule has 0 fully saturated rings. The molecule has 2 N–H and O–H groups in total. The molecule has 0 bridgehead atoms. The molecule has 0 spiro atoms. The van der Waals surface area contributed by atoms with E-state index in [0.29, 0.717) is 34.5 Å². The molecule has 4 rings (SSSR count). The van der Waals surface area contributed by atoms with E-state index in [1.165, 1.54) is 7.11 Å². The maximum Gasteiger partial charge on any atom is 0.259 e. The second-order valence-corrected chi connectivity index (χ2v) is 8.53. The van der Waals surface area contributed by atoms with Crippen molar-refractivity contribution in [2.45, 2.75) is 33.2 Å². The number of carbonyl (C=O) groups is 2. The molecule has 2 amide bonds. The van der Waals surface area contributed by atoms with Crippen molar-refractivity contribution in [1.29, 1.82) is 0 Å². The Hall–Kier alpha value is -4.14. The number of methoxy groups -OCH3 is 1. The molecule has 9 nitrogen and oxygen atoms in total. The highest BCUT2D eigenvalue weighted by Gasteiger charge is 2.21. The second kappa shape index (κ2) is 9.61. The van der Waals surface area contributed by atoms with Gasteiger partial charge < -0.3 is 19.9 Å². The lowest BCUT2D eigenvalue weighted by Gasteiger charge is -2.15. The average molecular weight is 475 g/mol. The van der Waals surface area contributed by atoms with E-state index < -0.39 is 0 Å². The predicted molar refractivity (Wildman–Crippen MR) is 135 cm³/mol. The summed E-state index contributed by atoms with van der Waals surface area (Å²) in [4.78, 5) is 31.1. The first-order valence-corrected chi connectivity index (χ1v) is 11.5. The van der Waals surface area contributed by atoms with E-state index >= 15 is 0 Å². The third-order valence-corrected chi connectivity index (χ3v) is 6.11. The Bertz CT molecular complexity index is 1420. The SMILES string of the molecule is CCc1nc2cc(C(=O)N[C@@H](C)c3cn(C)nc3C)cc(NC(=O)c3ccccc3OC)c2n1C. The topological polar surface area (TPSA) is 103 Å². The minimum atomic E-state index is -0.333. The van der Waals surface area contributed by atoms with Crippen LogP contribution >= 0.6 is 0 Å². The summed E-state index contributed by atoms with van der Waals surface area (Å²) in [5, 5.41) is 10.4. The van der Waals surface area contributed by atoms with Crippen LogP contribution in [0.25, 0.3) is 11.0 Å². The molecule has 0 radical (unpaired) electrons. The summed E-state index contributed by atoms with van der Waals surface area (Å²) in [5.74, 6) is 0.721. The zero-order valence-electron chi connectivity index (χ0n) is 20.8. The first kappa shape index (κ1) is 24.0. The number of rotatable bonds is 7. The first-order chi connectivity index (χ1) is 16.7. The van der Waals surface area contributed by atoms with E-state index in [0.717, 1.165) is 22.6 Å². The molecule has 0 unspecified atom stereocenters. The highest BCUT2D eigenvalue weighted by molar-refractivity contribution is 6.11. The molecule has 4 aromatic rings. The fourth-order valence-electron chi connectivity index (χ4n) is 4.37. The van der Waals surface area contributed by atoms with E-state index in [1.54, 1.807) is 41.1 Å². The summed E-state index contributed by atoms with van der Waals surface area (Å²) < 4.78 is 9.01. The molecule has 1 atom stereocenters. The summed E-state index contributed by atoms with van der Waals surface area (Å²) in [6, 6.07) is 10.2. The van der Waals surface area contributed by atoms with Gasteiger partial charge in [-0.1, -0.05) is 19.1 Å². The van der Waals surface area contributed by atoms with E-state index in [1.807, 2.05) is 45.6 Å². The molecular formula is C26H30N6O3. The Morgan fingerprint density at radius 2 is 1.89 bits per heavy atom. The highest BCUT2D eigenvalue weighted by Crippen LogP contribution is 2.29. The van der Waals surface area contributed by atoms with Crippen LogP contribution in [0.4, 0.5) is 5.69 Å². The molecule has 0 aliphatic carbocycles. The molecular weight excluding hydrogens is 444 g/mol. The fraction of sp³-hybridized carbons (Fsp3) is 0.308. The number of ether oxygens (including phenoxy) is 1. The second-order valence-electron chi connectivity index (χ2n) is 8.53. The molecule has 0 aliphatic heterocycles. The highest BCUT2D eigenvalue weighted by atomic mass is 16.5. The predicted octanol–water partition coefficient (Wildman–Crippen LogP) is 3.93. The monoisotopic (exact) mass is 474 g/mol. The number of hydrogen-bond donors (Lipinski definition) is 2. The van der Waals surface area contributed by atoms with E-state index in [4.69, 9.17) is 9.72 Å². The summed E-state index contributed by atoms with van der Waals surface area (Å²) in [6.07, 6.45) is 2.61. The molecule has 2 heterocycles. The van der Waals surface area contributed by atoms with Gasteiger partial charge in [0.15, 0.2) is 0 Å². The lowest BCUT2D eigenvalue weighted by Crippen LogP contribution is -2.27. The quantitative estimate of drug-likeness (QED) is 0.422. The van der Waals surface area contributed by atoms with E-state index in [2.05, 4.69) is 15.7 Å². The van der Waals surface area contributed by atoms with Gasteiger partial charge in [-0.3, -0.25) is 14.3 Å². The van der Waals surface area contributed by atoms with Gasteiger partial charge in [-0.15, -0.1) is 0 Å². The lowest BCUT2D eigenvalue weighted by atomic mass is 10.1. The Morgan fingerprint density at radius 3 is 2.54 bits per heavy atom. The third-order valence-electron chi connectivity index (χ3n) is 6.11. The van der Waals surface area contributed by atoms with Gasteiger partial charge in [0.1, 0.15) is 11.6 Å². The normalized spacial score (nSPS) is 11.9. The van der Waals surface area contributed by atoms with Crippen LogP contribution in [0.5, 0.6) is 5.75 Å². The average Bonchev–Trinajstić information content (AvgIpc) is 3.36. The Kier molecular flexibility index (Phi) is 6.59. The van der Waals surface area contributed by atoms with Gasteiger partial charge in [-0.05, 0) is 38.1 Å². The molecule has 182 valence electrons. The van der Waals surface area contributed by atoms with Crippen molar-refractivity contribution in [1.82, 2.24) is 24.6 Å². The zero-order chi connectivity index (χ0) is 25.3. The van der Waals surface area contributed by atoms with Gasteiger partial charge in [-0.25, -0.2) is 4.98 Å². The van der Waals surface area contributed by atoms with Crippen molar-refractivity contribution in [2.75, 3.05) is 12.4 Å². The molecule has 0 saturated carbocycles. The van der Waals surface area contributed by atoms with Crippen LogP contribution in [0.15, 0.2) is 42.6 Å². The van der Waals surface area contributed by atoms with Gasteiger partial charge in [0.25, 0.3) is 11.8 Å². The van der Waals surface area contributed by atoms with Gasteiger partial charge in [0.2, 0.25) is 0 Å². The number of imidazole rings is 1. The number of carbonyl (C=O) groups excluding carboxylic acids is 2. The summed E-state index contributed by atoms with van der Waals surface area (Å²) in [5.41, 5.74) is 4.49. The van der Waals surface area contributed by atoms with Crippen molar-refractivity contribution in [3.63, 3.8) is 0 Å². The van der Waals surface area contributed by atoms with Crippen molar-refractivity contribution in [3.05, 3.63) is 70.8 Å². The number of nitrogens with zero attached hydrogens (tertiary/aromatic N) is 4. The van der Waals surface area contributed by atoms with Gasteiger partial charge in [0, 0.05) is 37.8 Å². The maximum absolute atomic E-state index is 13.3. The van der Waals surface area contributed by atoms with E-state index in [9.17, 15) is 9.59 Å². The number of benzene rings is 2. The smallest absolute Gasteiger partial charge is 0.259 e. The first-order valence-electron chi connectivity index (χ1n) is 11.5. The van der Waals surface area contributed by atoms with Gasteiger partial charge >= 0.3 is 0 Å². The number of fused-ring (bicyclic) bond motifs is 1. The molecule has 0 aliphatic rings. The van der Waals surface area contributed by atoms with Crippen LogP contribution in [0.3, 0.4) is 0 Å². The summed E-state index contributed by atoms with van der Waals surface area (Å²) >= 11 is 0. The summed E-state index contributed by atoms with van der Waals surface area (Å²) in [6.45, 7) is 5.84. The number of amides is 2. The van der Waals surface area contributed by atoms with Gasteiger partial charge in [0.05, 0.1) is 41.1 Å². The van der Waals surface area contributed by atoms with Crippen LogP contribution in [0.1, 0.15) is 57.7 Å². The number of aromatic nitrogens is 4. The van der Waals surface area contributed by atoms with E-state index in [-0.39, 0.29) is 17.9 Å². The number of aryl methyl sites for hydroxylation is 4. The van der Waals surface area contributed by atoms with Gasteiger partial charge in [-0.2, -0.15) is 5.10 Å². The van der Waals surface area contributed by atoms with Crippen LogP contribution in [-0.4, -0.2) is 38.3 Å². The summed E-state index contributed by atoms with van der Waals surface area (Å²) in [7, 11) is 5.27. The lowest BCUT2D eigenvalue weighted by molar-refractivity contribution is 0.0938. The molecule has 35 heavy (non-hydrogen) atoms. The number of nitrogens with one attached hydrogen (secondary N) is 2. The van der Waals surface area contributed by atoms with Crippen molar-refractivity contribution < 1.29 is 14.3 Å². The van der Waals surface area contributed by atoms with Crippen molar-refractivity contribution >= 4 is 28.5 Å². The molecule has 2 aromatic carbocycles. The Morgan fingerprint density at radius 1 is 1.14 bits per heavy atom. The third kappa shape index (κ3) is 4.62.